The van der Waals surface area contributed by atoms with Crippen LogP contribution in [-0.2, 0) is 0 Å². The smallest absolute Gasteiger partial charge is 0.356 e. The first-order valence-electron chi connectivity index (χ1n) is 14.2. The number of amides is 1. The summed E-state index contributed by atoms with van der Waals surface area (Å²) >= 11 is 0. The van der Waals surface area contributed by atoms with E-state index in [1.807, 2.05) is 82.3 Å². The molecule has 0 saturated carbocycles. The van der Waals surface area contributed by atoms with Crippen molar-refractivity contribution in [1.29, 1.82) is 0 Å². The zero-order valence-electron chi connectivity index (χ0n) is 24.9. The van der Waals surface area contributed by atoms with Crippen LogP contribution in [0.15, 0.2) is 103 Å². The average Bonchev–Trinajstić information content (AvgIpc) is 3.44. The summed E-state index contributed by atoms with van der Waals surface area (Å²) in [6.45, 7) is 7.74. The Kier molecular flexibility index (Phi) is 8.95. The number of carbonyl (C=O) groups excluding carboxylic acids is 1. The molecule has 2 N–H and O–H groups in total. The summed E-state index contributed by atoms with van der Waals surface area (Å²) in [5.74, 6) is 0.883. The van der Waals surface area contributed by atoms with E-state index in [-0.39, 0.29) is 23.8 Å². The van der Waals surface area contributed by atoms with Gasteiger partial charge in [0.05, 0.1) is 29.3 Å². The van der Waals surface area contributed by atoms with Crippen molar-refractivity contribution in [3.63, 3.8) is 0 Å². The fourth-order valence-electron chi connectivity index (χ4n) is 4.49. The number of nitrogens with one attached hydrogen (secondary N) is 1. The van der Waals surface area contributed by atoms with Gasteiger partial charge in [0.25, 0.3) is 5.91 Å². The zero-order valence-corrected chi connectivity index (χ0v) is 24.9. The molecule has 0 spiro atoms. The second-order valence-corrected chi connectivity index (χ2v) is 10.6. The molecule has 5 aromatic rings. The maximum atomic E-state index is 13.5. The average molecular weight is 592 g/mol. The lowest BCUT2D eigenvalue weighted by molar-refractivity contribution is 0.0689. The monoisotopic (exact) mass is 591 g/mol. The van der Waals surface area contributed by atoms with Crippen molar-refractivity contribution in [2.45, 2.75) is 39.9 Å². The number of ether oxygens (including phenoxy) is 3. The van der Waals surface area contributed by atoms with E-state index in [9.17, 15) is 14.7 Å². The first kappa shape index (κ1) is 29.9. The summed E-state index contributed by atoms with van der Waals surface area (Å²) in [6.07, 6.45) is 0.00852. The number of rotatable bonds is 11. The number of carboxylic acid groups (broad SMARTS) is 1. The Hall–Kier alpha value is -5.57. The van der Waals surface area contributed by atoms with Crippen molar-refractivity contribution in [3.8, 4) is 39.9 Å². The van der Waals surface area contributed by atoms with Gasteiger partial charge in [-0.1, -0.05) is 18.2 Å². The number of anilines is 1. The van der Waals surface area contributed by atoms with Crippen molar-refractivity contribution in [2.24, 2.45) is 0 Å². The molecule has 0 unspecified atom stereocenters. The van der Waals surface area contributed by atoms with Gasteiger partial charge in [0, 0.05) is 17.2 Å². The van der Waals surface area contributed by atoms with Gasteiger partial charge < -0.3 is 24.6 Å². The maximum Gasteiger partial charge on any atom is 0.356 e. The lowest BCUT2D eigenvalue weighted by Gasteiger charge is -2.16. The molecule has 9 heteroatoms. The van der Waals surface area contributed by atoms with Gasteiger partial charge in [-0.15, -0.1) is 0 Å². The molecule has 0 saturated heterocycles. The summed E-state index contributed by atoms with van der Waals surface area (Å²) in [5, 5.41) is 17.2. The number of aromatic nitrogens is 2. The van der Waals surface area contributed by atoms with Crippen LogP contribution in [0.1, 0.15) is 48.5 Å². The van der Waals surface area contributed by atoms with Crippen LogP contribution in [0.3, 0.4) is 0 Å². The van der Waals surface area contributed by atoms with E-state index in [1.165, 1.54) is 10.7 Å². The lowest BCUT2D eigenvalue weighted by Crippen LogP contribution is -2.15. The third-order valence-corrected chi connectivity index (χ3v) is 6.36. The lowest BCUT2D eigenvalue weighted by atomic mass is 10.1. The Morgan fingerprint density at radius 3 is 1.91 bits per heavy atom. The van der Waals surface area contributed by atoms with Gasteiger partial charge >= 0.3 is 5.97 Å². The number of nitrogens with zero attached hydrogens (tertiary/aromatic N) is 2. The third-order valence-electron chi connectivity index (χ3n) is 6.36. The molecular formula is C35H33N3O6. The second-order valence-electron chi connectivity index (χ2n) is 10.6. The van der Waals surface area contributed by atoms with Crippen LogP contribution in [0.4, 0.5) is 5.69 Å². The van der Waals surface area contributed by atoms with Gasteiger partial charge in [0.15, 0.2) is 5.69 Å². The van der Waals surface area contributed by atoms with Gasteiger partial charge in [-0.05, 0) is 107 Å². The Balaban J connectivity index is 1.56. The molecule has 0 radical (unpaired) electrons. The Morgan fingerprint density at radius 2 is 1.32 bits per heavy atom. The van der Waals surface area contributed by atoms with Crippen LogP contribution in [0.2, 0.25) is 0 Å². The van der Waals surface area contributed by atoms with Crippen LogP contribution in [0, 0.1) is 0 Å². The predicted molar refractivity (Wildman–Crippen MR) is 168 cm³/mol. The summed E-state index contributed by atoms with van der Waals surface area (Å²) in [7, 11) is 0. The maximum absolute atomic E-state index is 13.5. The third kappa shape index (κ3) is 7.25. The number of carbonyl (C=O) groups is 2. The molecule has 0 aliphatic carbocycles. The Morgan fingerprint density at radius 1 is 0.727 bits per heavy atom. The number of hydrogen-bond donors (Lipinski definition) is 2. The molecule has 5 rings (SSSR count). The number of benzene rings is 4. The fourth-order valence-corrected chi connectivity index (χ4v) is 4.49. The van der Waals surface area contributed by atoms with Crippen molar-refractivity contribution < 1.29 is 28.9 Å². The molecule has 0 aliphatic rings. The number of hydrogen-bond acceptors (Lipinski definition) is 6. The summed E-state index contributed by atoms with van der Waals surface area (Å²) in [6, 6.07) is 30.0. The molecule has 224 valence electrons. The quantitative estimate of drug-likeness (QED) is 0.161. The largest absolute Gasteiger partial charge is 0.491 e. The highest BCUT2D eigenvalue weighted by Crippen LogP contribution is 2.33. The van der Waals surface area contributed by atoms with Crippen LogP contribution in [0.5, 0.6) is 23.0 Å². The van der Waals surface area contributed by atoms with Crippen LogP contribution in [0.25, 0.3) is 16.9 Å². The summed E-state index contributed by atoms with van der Waals surface area (Å²) in [5.41, 5.74) is 2.30. The topological polar surface area (TPSA) is 112 Å². The van der Waals surface area contributed by atoms with Crippen molar-refractivity contribution >= 4 is 17.6 Å². The number of carboxylic acids is 1. The van der Waals surface area contributed by atoms with E-state index in [0.29, 0.717) is 51.2 Å². The molecular weight excluding hydrogens is 558 g/mol. The van der Waals surface area contributed by atoms with Crippen molar-refractivity contribution in [1.82, 2.24) is 9.78 Å². The van der Waals surface area contributed by atoms with Gasteiger partial charge in [0.2, 0.25) is 0 Å². The molecule has 4 aromatic carbocycles. The van der Waals surface area contributed by atoms with Crippen molar-refractivity contribution in [3.05, 3.63) is 114 Å². The zero-order chi connectivity index (χ0) is 31.2. The number of aromatic carboxylic acids is 1. The van der Waals surface area contributed by atoms with E-state index < -0.39 is 5.97 Å². The molecule has 1 amide bonds. The van der Waals surface area contributed by atoms with Gasteiger partial charge in [-0.2, -0.15) is 5.10 Å². The second kappa shape index (κ2) is 13.2. The van der Waals surface area contributed by atoms with Gasteiger partial charge in [-0.25, -0.2) is 9.48 Å². The minimum Gasteiger partial charge on any atom is -0.491 e. The molecule has 0 atom stereocenters. The highest BCUT2D eigenvalue weighted by Gasteiger charge is 2.20. The van der Waals surface area contributed by atoms with Gasteiger partial charge in [-0.3, -0.25) is 4.79 Å². The van der Waals surface area contributed by atoms with E-state index in [1.54, 1.807) is 42.5 Å². The predicted octanol–water partition coefficient (Wildman–Crippen LogP) is 7.86. The Bertz CT molecular complexity index is 1740. The van der Waals surface area contributed by atoms with Crippen LogP contribution in [-0.4, -0.2) is 39.0 Å². The standard InChI is InChI=1S/C35H33N3O6/c1-22(2)42-27-14-10-24(11-15-27)33-21-31(35(40)41)37-38(33)32-19-18-29(44-26-8-6-5-7-9-26)20-30(32)36-34(39)25-12-16-28(17-13-25)43-23(3)4/h5-23H,1-4H3,(H,36,39)(H,40,41). The van der Waals surface area contributed by atoms with E-state index in [4.69, 9.17) is 14.2 Å². The molecule has 9 nitrogen and oxygen atoms in total. The molecule has 1 heterocycles. The molecule has 1 aromatic heterocycles. The first-order valence-corrected chi connectivity index (χ1v) is 14.2. The van der Waals surface area contributed by atoms with Crippen molar-refractivity contribution in [2.75, 3.05) is 5.32 Å². The minimum atomic E-state index is -1.18. The van der Waals surface area contributed by atoms with Gasteiger partial charge in [0.1, 0.15) is 23.0 Å². The Labute approximate surface area is 255 Å². The molecule has 0 fully saturated rings. The fraction of sp³-hybridized carbons (Fsp3) is 0.171. The molecule has 44 heavy (non-hydrogen) atoms. The summed E-state index contributed by atoms with van der Waals surface area (Å²) in [4.78, 5) is 25.5. The molecule has 0 aliphatic heterocycles. The first-order chi connectivity index (χ1) is 21.2. The number of para-hydroxylation sites is 1. The van der Waals surface area contributed by atoms with E-state index >= 15 is 0 Å². The van der Waals surface area contributed by atoms with E-state index in [2.05, 4.69) is 10.4 Å². The highest BCUT2D eigenvalue weighted by molar-refractivity contribution is 6.05. The van der Waals surface area contributed by atoms with Crippen LogP contribution < -0.4 is 19.5 Å². The normalized spacial score (nSPS) is 11.0. The highest BCUT2D eigenvalue weighted by atomic mass is 16.5. The minimum absolute atomic E-state index is 0.00230. The SMILES string of the molecule is CC(C)Oc1ccc(C(=O)Nc2cc(Oc3ccccc3)ccc2-n2nc(C(=O)O)cc2-c2ccc(OC(C)C)cc2)cc1. The van der Waals surface area contributed by atoms with Crippen LogP contribution >= 0.6 is 0 Å². The molecule has 0 bridgehead atoms. The summed E-state index contributed by atoms with van der Waals surface area (Å²) < 4.78 is 19.0. The van der Waals surface area contributed by atoms with E-state index in [0.717, 1.165) is 0 Å².